The van der Waals surface area contributed by atoms with Crippen LogP contribution in [0.15, 0.2) is 5.38 Å². The molecule has 0 spiro atoms. The normalized spacial score (nSPS) is 14.2. The van der Waals surface area contributed by atoms with Crippen molar-refractivity contribution in [2.75, 3.05) is 19.6 Å². The monoisotopic (exact) mass is 312 g/mol. The third-order valence-electron chi connectivity index (χ3n) is 3.53. The topological polar surface area (TPSA) is 71.2 Å². The molecule has 1 aromatic rings. The molecule has 2 atom stereocenters. The van der Waals surface area contributed by atoms with E-state index in [4.69, 9.17) is 5.73 Å². The van der Waals surface area contributed by atoms with Crippen molar-refractivity contribution in [3.63, 3.8) is 0 Å². The van der Waals surface area contributed by atoms with Gasteiger partial charge in [0.2, 0.25) is 0 Å². The number of nitrogens with one attached hydrogen (secondary N) is 1. The largest absolute Gasteiger partial charge is 0.348 e. The van der Waals surface area contributed by atoms with Gasteiger partial charge >= 0.3 is 0 Å². The Balaban J connectivity index is 2.36. The molecular weight excluding hydrogens is 284 g/mol. The number of nitrogens with zero attached hydrogens (tertiary/aromatic N) is 2. The summed E-state index contributed by atoms with van der Waals surface area (Å²) in [6.45, 7) is 11.5. The molecule has 0 saturated heterocycles. The summed E-state index contributed by atoms with van der Waals surface area (Å²) in [5.41, 5.74) is 6.24. The van der Waals surface area contributed by atoms with Crippen LogP contribution in [0.3, 0.4) is 0 Å². The highest BCUT2D eigenvalue weighted by Gasteiger charge is 2.14. The van der Waals surface area contributed by atoms with Crippen LogP contribution in [-0.4, -0.2) is 41.5 Å². The van der Waals surface area contributed by atoms with Crippen LogP contribution in [-0.2, 0) is 0 Å². The molecule has 120 valence electrons. The average molecular weight is 312 g/mol. The fraction of sp³-hybridized carbons (Fsp3) is 0.733. The fourth-order valence-electron chi connectivity index (χ4n) is 2.13. The van der Waals surface area contributed by atoms with Gasteiger partial charge in [0.05, 0.1) is 6.04 Å². The maximum Gasteiger partial charge on any atom is 0.270 e. The standard InChI is InChI=1S/C15H28N4OS/c1-5-19(6-2)9-7-8-11(3)17-14(20)13-10-21-15(18-13)12(4)16/h10-12H,5-9,16H2,1-4H3,(H,17,20). The number of amides is 1. The maximum absolute atomic E-state index is 12.1. The number of hydrogen-bond donors (Lipinski definition) is 2. The van der Waals surface area contributed by atoms with E-state index < -0.39 is 0 Å². The lowest BCUT2D eigenvalue weighted by Gasteiger charge is -2.19. The number of hydrogen-bond acceptors (Lipinski definition) is 5. The van der Waals surface area contributed by atoms with Gasteiger partial charge in [0.15, 0.2) is 0 Å². The molecule has 6 heteroatoms. The first-order chi connectivity index (χ1) is 9.97. The minimum absolute atomic E-state index is 0.103. The van der Waals surface area contributed by atoms with Gasteiger partial charge in [-0.1, -0.05) is 13.8 Å². The molecule has 1 aromatic heterocycles. The number of rotatable bonds is 9. The fourth-order valence-corrected chi connectivity index (χ4v) is 2.89. The van der Waals surface area contributed by atoms with E-state index in [1.54, 1.807) is 5.38 Å². The van der Waals surface area contributed by atoms with Gasteiger partial charge in [-0.25, -0.2) is 4.98 Å². The highest BCUT2D eigenvalue weighted by atomic mass is 32.1. The van der Waals surface area contributed by atoms with Gasteiger partial charge in [0.25, 0.3) is 5.91 Å². The van der Waals surface area contributed by atoms with E-state index in [1.807, 2.05) is 13.8 Å². The van der Waals surface area contributed by atoms with Crippen molar-refractivity contribution in [3.8, 4) is 0 Å². The van der Waals surface area contributed by atoms with Crippen LogP contribution < -0.4 is 11.1 Å². The van der Waals surface area contributed by atoms with Crippen molar-refractivity contribution in [2.45, 2.75) is 52.6 Å². The number of carbonyl (C=O) groups excluding carboxylic acids is 1. The molecule has 2 unspecified atom stereocenters. The number of thiazole rings is 1. The zero-order valence-electron chi connectivity index (χ0n) is 13.6. The lowest BCUT2D eigenvalue weighted by Crippen LogP contribution is -2.34. The second kappa shape index (κ2) is 9.12. The molecule has 0 bridgehead atoms. The minimum atomic E-state index is -0.122. The van der Waals surface area contributed by atoms with Crippen LogP contribution in [0, 0.1) is 0 Å². The number of nitrogens with two attached hydrogens (primary N) is 1. The predicted molar refractivity (Wildman–Crippen MR) is 88.7 cm³/mol. The minimum Gasteiger partial charge on any atom is -0.348 e. The van der Waals surface area contributed by atoms with E-state index >= 15 is 0 Å². The molecule has 5 nitrogen and oxygen atoms in total. The van der Waals surface area contributed by atoms with E-state index in [1.165, 1.54) is 11.3 Å². The van der Waals surface area contributed by atoms with Crippen LogP contribution >= 0.6 is 11.3 Å². The number of carbonyl (C=O) groups is 1. The Labute approximate surface area is 131 Å². The summed E-state index contributed by atoms with van der Waals surface area (Å²) in [6.07, 6.45) is 2.07. The van der Waals surface area contributed by atoms with Gasteiger partial charge in [-0.3, -0.25) is 4.79 Å². The van der Waals surface area contributed by atoms with Gasteiger partial charge in [0.1, 0.15) is 10.7 Å². The van der Waals surface area contributed by atoms with Gasteiger partial charge in [-0.15, -0.1) is 11.3 Å². The molecule has 0 aliphatic heterocycles. The predicted octanol–water partition coefficient (Wildman–Crippen LogP) is 2.40. The zero-order valence-corrected chi connectivity index (χ0v) is 14.4. The molecule has 1 amide bonds. The summed E-state index contributed by atoms with van der Waals surface area (Å²) in [7, 11) is 0. The molecule has 0 fully saturated rings. The Morgan fingerprint density at radius 3 is 2.62 bits per heavy atom. The Kier molecular flexibility index (Phi) is 7.85. The Morgan fingerprint density at radius 2 is 2.10 bits per heavy atom. The van der Waals surface area contributed by atoms with Crippen LogP contribution in [0.25, 0.3) is 0 Å². The second-order valence-electron chi connectivity index (χ2n) is 5.40. The molecular formula is C15H28N4OS. The summed E-state index contributed by atoms with van der Waals surface area (Å²) in [5.74, 6) is -0.103. The van der Waals surface area contributed by atoms with E-state index in [0.29, 0.717) is 5.69 Å². The van der Waals surface area contributed by atoms with E-state index in [-0.39, 0.29) is 18.0 Å². The van der Waals surface area contributed by atoms with E-state index in [2.05, 4.69) is 29.0 Å². The van der Waals surface area contributed by atoms with Gasteiger partial charge < -0.3 is 16.0 Å². The summed E-state index contributed by atoms with van der Waals surface area (Å²) in [5, 5.41) is 5.58. The summed E-state index contributed by atoms with van der Waals surface area (Å²) >= 11 is 1.44. The summed E-state index contributed by atoms with van der Waals surface area (Å²) in [6, 6.07) is 0.0385. The summed E-state index contributed by atoms with van der Waals surface area (Å²) in [4.78, 5) is 18.7. The van der Waals surface area contributed by atoms with Crippen molar-refractivity contribution >= 4 is 17.2 Å². The molecule has 0 aromatic carbocycles. The highest BCUT2D eigenvalue weighted by Crippen LogP contribution is 2.15. The molecule has 1 heterocycles. The lowest BCUT2D eigenvalue weighted by molar-refractivity contribution is 0.0932. The molecule has 1 rings (SSSR count). The third-order valence-corrected chi connectivity index (χ3v) is 4.57. The van der Waals surface area contributed by atoms with Gasteiger partial charge in [-0.2, -0.15) is 0 Å². The average Bonchev–Trinajstić information content (AvgIpc) is 2.93. The quantitative estimate of drug-likeness (QED) is 0.734. The first-order valence-electron chi connectivity index (χ1n) is 7.72. The molecule has 0 radical (unpaired) electrons. The maximum atomic E-state index is 12.1. The first-order valence-corrected chi connectivity index (χ1v) is 8.60. The van der Waals surface area contributed by atoms with Crippen molar-refractivity contribution in [1.29, 1.82) is 0 Å². The highest BCUT2D eigenvalue weighted by molar-refractivity contribution is 7.09. The summed E-state index contributed by atoms with van der Waals surface area (Å²) < 4.78 is 0. The van der Waals surface area contributed by atoms with E-state index in [0.717, 1.165) is 37.5 Å². The Hall–Kier alpha value is -0.980. The van der Waals surface area contributed by atoms with Gasteiger partial charge in [-0.05, 0) is 46.3 Å². The third kappa shape index (κ3) is 6.11. The Morgan fingerprint density at radius 1 is 1.43 bits per heavy atom. The van der Waals surface area contributed by atoms with Crippen LogP contribution in [0.2, 0.25) is 0 Å². The lowest BCUT2D eigenvalue weighted by atomic mass is 10.1. The molecule has 3 N–H and O–H groups in total. The zero-order chi connectivity index (χ0) is 15.8. The van der Waals surface area contributed by atoms with Gasteiger partial charge in [0, 0.05) is 11.4 Å². The molecule has 0 aliphatic carbocycles. The van der Waals surface area contributed by atoms with Crippen molar-refractivity contribution < 1.29 is 4.79 Å². The number of aromatic nitrogens is 1. The molecule has 0 saturated carbocycles. The van der Waals surface area contributed by atoms with Crippen LogP contribution in [0.5, 0.6) is 0 Å². The smallest absolute Gasteiger partial charge is 0.270 e. The van der Waals surface area contributed by atoms with Crippen LogP contribution in [0.1, 0.15) is 62.1 Å². The van der Waals surface area contributed by atoms with Crippen molar-refractivity contribution in [1.82, 2.24) is 15.2 Å². The first kappa shape index (κ1) is 18.1. The Bertz CT molecular complexity index is 429. The van der Waals surface area contributed by atoms with Crippen LogP contribution in [0.4, 0.5) is 0 Å². The molecule has 21 heavy (non-hydrogen) atoms. The molecule has 0 aliphatic rings. The second-order valence-corrected chi connectivity index (χ2v) is 6.29. The van der Waals surface area contributed by atoms with E-state index in [9.17, 15) is 4.79 Å². The van der Waals surface area contributed by atoms with Crippen molar-refractivity contribution in [2.24, 2.45) is 5.73 Å². The van der Waals surface area contributed by atoms with Crippen molar-refractivity contribution in [3.05, 3.63) is 16.1 Å². The SMILES string of the molecule is CCN(CC)CCCC(C)NC(=O)c1csc(C(C)N)n1.